The van der Waals surface area contributed by atoms with Crippen LogP contribution in [0.25, 0.3) is 11.0 Å². The number of anilines is 1. The van der Waals surface area contributed by atoms with Crippen LogP contribution >= 0.6 is 0 Å². The highest BCUT2D eigenvalue weighted by Gasteiger charge is 2.14. The van der Waals surface area contributed by atoms with E-state index >= 15 is 0 Å². The maximum Gasteiger partial charge on any atom is 0.163 e. The Balaban J connectivity index is 1.88. The van der Waals surface area contributed by atoms with Crippen LogP contribution in [0.1, 0.15) is 29.9 Å². The zero-order chi connectivity index (χ0) is 15.7. The number of aromatic nitrogens is 4. The SMILES string of the molecule is Cc1nc(NC[C@H](C)c2ccccc2)c2c(C)nn(C)c2n1. The normalized spacial score (nSPS) is 12.5. The average Bonchev–Trinajstić information content (AvgIpc) is 2.80. The Morgan fingerprint density at radius 3 is 2.59 bits per heavy atom. The molecule has 0 aliphatic carbocycles. The van der Waals surface area contributed by atoms with E-state index in [1.807, 2.05) is 31.6 Å². The molecule has 1 aromatic carbocycles. The molecule has 2 heterocycles. The second kappa shape index (κ2) is 5.75. The summed E-state index contributed by atoms with van der Waals surface area (Å²) in [7, 11) is 1.91. The number of rotatable bonds is 4. The highest BCUT2D eigenvalue weighted by molar-refractivity contribution is 5.89. The molecule has 0 fully saturated rings. The van der Waals surface area contributed by atoms with E-state index in [1.165, 1.54) is 5.56 Å². The first-order valence-electron chi connectivity index (χ1n) is 7.53. The maximum atomic E-state index is 4.57. The van der Waals surface area contributed by atoms with Crippen molar-refractivity contribution in [3.63, 3.8) is 0 Å². The van der Waals surface area contributed by atoms with Crippen LogP contribution in [0.2, 0.25) is 0 Å². The molecule has 0 spiro atoms. The number of benzene rings is 1. The molecule has 5 heteroatoms. The molecule has 3 aromatic rings. The first-order valence-corrected chi connectivity index (χ1v) is 7.53. The second-order valence-electron chi connectivity index (χ2n) is 5.72. The highest BCUT2D eigenvalue weighted by Crippen LogP contribution is 2.24. The van der Waals surface area contributed by atoms with Gasteiger partial charge in [0, 0.05) is 13.6 Å². The van der Waals surface area contributed by atoms with Crippen molar-refractivity contribution >= 4 is 16.9 Å². The molecule has 5 nitrogen and oxygen atoms in total. The molecule has 22 heavy (non-hydrogen) atoms. The number of hydrogen-bond donors (Lipinski definition) is 1. The fraction of sp³-hybridized carbons (Fsp3) is 0.353. The van der Waals surface area contributed by atoms with Crippen molar-refractivity contribution in [1.82, 2.24) is 19.7 Å². The van der Waals surface area contributed by atoms with Crippen LogP contribution in [-0.4, -0.2) is 26.3 Å². The zero-order valence-electron chi connectivity index (χ0n) is 13.5. The molecule has 0 saturated heterocycles. The van der Waals surface area contributed by atoms with Gasteiger partial charge in [0.2, 0.25) is 0 Å². The van der Waals surface area contributed by atoms with Crippen molar-refractivity contribution in [3.05, 3.63) is 47.4 Å². The van der Waals surface area contributed by atoms with Crippen LogP contribution in [0.15, 0.2) is 30.3 Å². The fourth-order valence-corrected chi connectivity index (χ4v) is 2.72. The minimum Gasteiger partial charge on any atom is -0.369 e. The molecule has 2 aromatic heterocycles. The second-order valence-corrected chi connectivity index (χ2v) is 5.72. The van der Waals surface area contributed by atoms with Gasteiger partial charge < -0.3 is 5.32 Å². The van der Waals surface area contributed by atoms with Gasteiger partial charge in [-0.25, -0.2) is 9.97 Å². The van der Waals surface area contributed by atoms with E-state index in [1.54, 1.807) is 0 Å². The molecule has 0 amide bonds. The molecular weight excluding hydrogens is 274 g/mol. The van der Waals surface area contributed by atoms with Gasteiger partial charge >= 0.3 is 0 Å². The Morgan fingerprint density at radius 2 is 1.86 bits per heavy atom. The summed E-state index contributed by atoms with van der Waals surface area (Å²) in [6.07, 6.45) is 0. The minimum absolute atomic E-state index is 0.406. The third-order valence-electron chi connectivity index (χ3n) is 3.91. The summed E-state index contributed by atoms with van der Waals surface area (Å²) in [5, 5.41) is 8.94. The lowest BCUT2D eigenvalue weighted by Crippen LogP contribution is -2.12. The minimum atomic E-state index is 0.406. The van der Waals surface area contributed by atoms with Gasteiger partial charge in [0.15, 0.2) is 5.65 Å². The lowest BCUT2D eigenvalue weighted by Gasteiger charge is -2.14. The number of nitrogens with one attached hydrogen (secondary N) is 1. The molecule has 0 aliphatic rings. The third-order valence-corrected chi connectivity index (χ3v) is 3.91. The van der Waals surface area contributed by atoms with Crippen molar-refractivity contribution < 1.29 is 0 Å². The summed E-state index contributed by atoms with van der Waals surface area (Å²) in [6.45, 7) is 6.94. The van der Waals surface area contributed by atoms with Gasteiger partial charge in [-0.15, -0.1) is 0 Å². The summed E-state index contributed by atoms with van der Waals surface area (Å²) in [5.41, 5.74) is 3.15. The number of hydrogen-bond acceptors (Lipinski definition) is 4. The van der Waals surface area contributed by atoms with Crippen LogP contribution in [0.5, 0.6) is 0 Å². The van der Waals surface area contributed by atoms with Crippen LogP contribution in [0.3, 0.4) is 0 Å². The Bertz CT molecular complexity index is 792. The lowest BCUT2D eigenvalue weighted by molar-refractivity contribution is 0.770. The van der Waals surface area contributed by atoms with Gasteiger partial charge in [-0.05, 0) is 25.3 Å². The first-order chi connectivity index (χ1) is 10.6. The monoisotopic (exact) mass is 295 g/mol. The molecule has 1 atom stereocenters. The fourth-order valence-electron chi connectivity index (χ4n) is 2.72. The Hall–Kier alpha value is -2.43. The molecule has 0 unspecified atom stereocenters. The van der Waals surface area contributed by atoms with Crippen LogP contribution < -0.4 is 5.32 Å². The van der Waals surface area contributed by atoms with Crippen LogP contribution in [-0.2, 0) is 7.05 Å². The standard InChI is InChI=1S/C17H21N5/c1-11(14-8-6-5-7-9-14)10-18-16-15-12(2)21-22(4)17(15)20-13(3)19-16/h5-9,11H,10H2,1-4H3,(H,18,19,20)/t11-/m0/s1. The van der Waals surface area contributed by atoms with Crippen molar-refractivity contribution in [2.75, 3.05) is 11.9 Å². The lowest BCUT2D eigenvalue weighted by atomic mass is 10.0. The van der Waals surface area contributed by atoms with E-state index in [2.05, 4.69) is 51.6 Å². The number of nitrogens with zero attached hydrogens (tertiary/aromatic N) is 4. The predicted molar refractivity (Wildman–Crippen MR) is 89.1 cm³/mol. The average molecular weight is 295 g/mol. The van der Waals surface area contributed by atoms with Gasteiger partial charge in [0.05, 0.1) is 11.1 Å². The molecule has 0 radical (unpaired) electrons. The van der Waals surface area contributed by atoms with Gasteiger partial charge in [0.1, 0.15) is 11.6 Å². The number of aryl methyl sites for hydroxylation is 3. The van der Waals surface area contributed by atoms with Crippen molar-refractivity contribution in [2.24, 2.45) is 7.05 Å². The predicted octanol–water partition coefficient (Wildman–Crippen LogP) is 3.20. The molecule has 3 rings (SSSR count). The van der Waals surface area contributed by atoms with Crippen molar-refractivity contribution in [1.29, 1.82) is 0 Å². The molecule has 1 N–H and O–H groups in total. The summed E-state index contributed by atoms with van der Waals surface area (Å²) in [5.74, 6) is 2.03. The van der Waals surface area contributed by atoms with E-state index in [9.17, 15) is 0 Å². The molecular formula is C17H21N5. The van der Waals surface area contributed by atoms with Crippen molar-refractivity contribution in [3.8, 4) is 0 Å². The summed E-state index contributed by atoms with van der Waals surface area (Å²) < 4.78 is 1.81. The Morgan fingerprint density at radius 1 is 1.14 bits per heavy atom. The summed E-state index contributed by atoms with van der Waals surface area (Å²) in [4.78, 5) is 9.06. The number of fused-ring (bicyclic) bond motifs is 1. The summed E-state index contributed by atoms with van der Waals surface area (Å²) in [6, 6.07) is 10.5. The first kappa shape index (κ1) is 14.5. The topological polar surface area (TPSA) is 55.6 Å². The van der Waals surface area contributed by atoms with Gasteiger partial charge in [-0.3, -0.25) is 4.68 Å². The van der Waals surface area contributed by atoms with E-state index in [0.29, 0.717) is 5.92 Å². The Labute approximate surface area is 130 Å². The highest BCUT2D eigenvalue weighted by atomic mass is 15.3. The van der Waals surface area contributed by atoms with Crippen LogP contribution in [0.4, 0.5) is 5.82 Å². The summed E-state index contributed by atoms with van der Waals surface area (Å²) >= 11 is 0. The molecule has 0 saturated carbocycles. The van der Waals surface area contributed by atoms with Gasteiger partial charge in [-0.1, -0.05) is 37.3 Å². The largest absolute Gasteiger partial charge is 0.369 e. The van der Waals surface area contributed by atoms with E-state index < -0.39 is 0 Å². The van der Waals surface area contributed by atoms with Crippen LogP contribution in [0, 0.1) is 13.8 Å². The van der Waals surface area contributed by atoms with E-state index in [-0.39, 0.29) is 0 Å². The van der Waals surface area contributed by atoms with E-state index in [0.717, 1.165) is 34.9 Å². The molecule has 114 valence electrons. The van der Waals surface area contributed by atoms with E-state index in [4.69, 9.17) is 0 Å². The maximum absolute atomic E-state index is 4.57. The van der Waals surface area contributed by atoms with Crippen molar-refractivity contribution in [2.45, 2.75) is 26.7 Å². The molecule has 0 bridgehead atoms. The third kappa shape index (κ3) is 2.66. The molecule has 0 aliphatic heterocycles. The van der Waals surface area contributed by atoms with Gasteiger partial charge in [0.25, 0.3) is 0 Å². The smallest absolute Gasteiger partial charge is 0.163 e. The Kier molecular flexibility index (Phi) is 3.79. The quantitative estimate of drug-likeness (QED) is 0.803. The van der Waals surface area contributed by atoms with Gasteiger partial charge in [-0.2, -0.15) is 5.10 Å². The zero-order valence-corrected chi connectivity index (χ0v) is 13.5.